The minimum atomic E-state index is -0.773. The van der Waals surface area contributed by atoms with Gasteiger partial charge >= 0.3 is 0 Å². The van der Waals surface area contributed by atoms with Gasteiger partial charge in [0, 0.05) is 34.7 Å². The van der Waals surface area contributed by atoms with E-state index in [1.165, 1.54) is 13.0 Å². The van der Waals surface area contributed by atoms with Crippen LogP contribution in [0.1, 0.15) is 6.92 Å². The molecule has 0 aliphatic carbocycles. The van der Waals surface area contributed by atoms with Crippen LogP contribution in [0.25, 0.3) is 0 Å². The predicted molar refractivity (Wildman–Crippen MR) is 40.7 cm³/mol. The van der Waals surface area contributed by atoms with Gasteiger partial charge in [0.25, 0.3) is 0 Å². The molecule has 5 heteroatoms. The molecule has 0 aromatic heterocycles. The average Bonchev–Trinajstić information content (AvgIpc) is 1.94. The van der Waals surface area contributed by atoms with Crippen LogP contribution in [-0.4, -0.2) is 5.91 Å². The van der Waals surface area contributed by atoms with E-state index in [9.17, 15) is 13.6 Å². The Hall–Kier alpha value is -0.736. The van der Waals surface area contributed by atoms with Gasteiger partial charge < -0.3 is 5.32 Å². The standard InChI is InChI=1S/C8H7F2NO.Ti/c1-5(12)11-8-3-2-6(9)4-7(8)10;/h2-4H,1H3,(H,11,12);. The zero-order valence-corrected chi connectivity index (χ0v) is 8.46. The van der Waals surface area contributed by atoms with Crippen LogP contribution < -0.4 is 5.32 Å². The van der Waals surface area contributed by atoms with Crippen molar-refractivity contribution in [1.29, 1.82) is 0 Å². The Morgan fingerprint density at radius 2 is 2.00 bits per heavy atom. The number of carbonyl (C=O) groups is 1. The Labute approximate surface area is 89.2 Å². The molecule has 68 valence electrons. The normalized spacial score (nSPS) is 8.85. The summed E-state index contributed by atoms with van der Waals surface area (Å²) < 4.78 is 25.1. The van der Waals surface area contributed by atoms with Crippen molar-refractivity contribution in [3.63, 3.8) is 0 Å². The number of rotatable bonds is 1. The summed E-state index contributed by atoms with van der Waals surface area (Å²) in [6.45, 7) is 1.25. The third-order valence-corrected chi connectivity index (χ3v) is 1.24. The molecule has 2 nitrogen and oxygen atoms in total. The van der Waals surface area contributed by atoms with Gasteiger partial charge in [0.15, 0.2) is 0 Å². The molecule has 13 heavy (non-hydrogen) atoms. The maximum atomic E-state index is 12.8. The summed E-state index contributed by atoms with van der Waals surface area (Å²) in [4.78, 5) is 10.5. The summed E-state index contributed by atoms with van der Waals surface area (Å²) in [7, 11) is 0. The largest absolute Gasteiger partial charge is 0.324 e. The second kappa shape index (κ2) is 5.09. The molecular formula is C8H7F2NOTi. The van der Waals surface area contributed by atoms with Gasteiger partial charge in [0.1, 0.15) is 11.6 Å². The van der Waals surface area contributed by atoms with Gasteiger partial charge in [-0.3, -0.25) is 4.79 Å². The quantitative estimate of drug-likeness (QED) is 0.718. The number of hydrogen-bond donors (Lipinski definition) is 1. The molecule has 0 atom stereocenters. The first-order chi connectivity index (χ1) is 5.59. The predicted octanol–water partition coefficient (Wildman–Crippen LogP) is 1.92. The molecule has 1 N–H and O–H groups in total. The summed E-state index contributed by atoms with van der Waals surface area (Å²) in [6, 6.07) is 2.96. The summed E-state index contributed by atoms with van der Waals surface area (Å²) in [5.41, 5.74) is -0.0103. The van der Waals surface area contributed by atoms with E-state index < -0.39 is 11.6 Å². The second-order valence-corrected chi connectivity index (χ2v) is 2.31. The number of benzene rings is 1. The van der Waals surface area contributed by atoms with E-state index in [2.05, 4.69) is 5.32 Å². The van der Waals surface area contributed by atoms with Gasteiger partial charge in [-0.2, -0.15) is 0 Å². The fourth-order valence-corrected chi connectivity index (χ4v) is 0.780. The van der Waals surface area contributed by atoms with Crippen molar-refractivity contribution in [3.05, 3.63) is 29.8 Å². The van der Waals surface area contributed by atoms with E-state index in [0.717, 1.165) is 6.07 Å². The van der Waals surface area contributed by atoms with E-state index in [1.54, 1.807) is 0 Å². The maximum absolute atomic E-state index is 12.8. The van der Waals surface area contributed by atoms with Gasteiger partial charge in [-0.05, 0) is 12.1 Å². The average molecular weight is 219 g/mol. The van der Waals surface area contributed by atoms with Gasteiger partial charge in [-0.1, -0.05) is 0 Å². The molecule has 0 aliphatic heterocycles. The van der Waals surface area contributed by atoms with Gasteiger partial charge in [-0.25, -0.2) is 8.78 Å². The number of halogens is 2. The first-order valence-corrected chi connectivity index (χ1v) is 3.32. The number of anilines is 1. The minimum Gasteiger partial charge on any atom is -0.324 e. The Kier molecular flexibility index (Phi) is 4.81. The fraction of sp³-hybridized carbons (Fsp3) is 0.125. The van der Waals surface area contributed by atoms with Crippen LogP contribution in [0.5, 0.6) is 0 Å². The Morgan fingerprint density at radius 3 is 2.46 bits per heavy atom. The smallest absolute Gasteiger partial charge is 0.221 e. The summed E-state index contributed by atoms with van der Waals surface area (Å²) in [5.74, 6) is -1.83. The molecule has 0 fully saturated rings. The van der Waals surface area contributed by atoms with Crippen molar-refractivity contribution < 1.29 is 35.3 Å². The molecular weight excluding hydrogens is 212 g/mol. The van der Waals surface area contributed by atoms with Crippen LogP contribution in [0.15, 0.2) is 18.2 Å². The van der Waals surface area contributed by atoms with Crippen molar-refractivity contribution in [2.45, 2.75) is 6.92 Å². The maximum Gasteiger partial charge on any atom is 0.221 e. The first-order valence-electron chi connectivity index (χ1n) is 3.32. The van der Waals surface area contributed by atoms with Crippen LogP contribution >= 0.6 is 0 Å². The molecule has 1 amide bonds. The zero-order valence-electron chi connectivity index (χ0n) is 6.90. The van der Waals surface area contributed by atoms with Gasteiger partial charge in [0.2, 0.25) is 5.91 Å². The molecule has 0 spiro atoms. The Balaban J connectivity index is 0.00000144. The molecule has 0 heterocycles. The third-order valence-electron chi connectivity index (χ3n) is 1.24. The SMILES string of the molecule is CC(=O)Nc1ccc(F)cc1F.[Ti]. The van der Waals surface area contributed by atoms with Crippen LogP contribution in [0.4, 0.5) is 14.5 Å². The van der Waals surface area contributed by atoms with Gasteiger partial charge in [0.05, 0.1) is 5.69 Å². The minimum absolute atomic E-state index is 0. The van der Waals surface area contributed by atoms with E-state index in [0.29, 0.717) is 6.07 Å². The fourth-order valence-electron chi connectivity index (χ4n) is 0.780. The van der Waals surface area contributed by atoms with Crippen molar-refractivity contribution in [1.82, 2.24) is 0 Å². The van der Waals surface area contributed by atoms with E-state index in [1.807, 2.05) is 0 Å². The number of carbonyl (C=O) groups excluding carboxylic acids is 1. The molecule has 1 aromatic carbocycles. The molecule has 0 aliphatic rings. The van der Waals surface area contributed by atoms with Crippen molar-refractivity contribution in [2.24, 2.45) is 0 Å². The number of nitrogens with one attached hydrogen (secondary N) is 1. The molecule has 0 saturated carbocycles. The van der Waals surface area contributed by atoms with Crippen LogP contribution in [-0.2, 0) is 26.5 Å². The van der Waals surface area contributed by atoms with Crippen molar-refractivity contribution in [2.75, 3.05) is 5.32 Å². The van der Waals surface area contributed by atoms with Crippen LogP contribution in [0, 0.1) is 11.6 Å². The Bertz CT molecular complexity index is 317. The monoisotopic (exact) mass is 219 g/mol. The number of amides is 1. The van der Waals surface area contributed by atoms with Crippen molar-refractivity contribution >= 4 is 11.6 Å². The molecule has 1 rings (SSSR count). The molecule has 1 aromatic rings. The number of hydrogen-bond acceptors (Lipinski definition) is 1. The summed E-state index contributed by atoms with van der Waals surface area (Å²) in [6.07, 6.45) is 0. The molecule has 0 saturated heterocycles. The zero-order chi connectivity index (χ0) is 9.14. The van der Waals surface area contributed by atoms with Crippen LogP contribution in [0.3, 0.4) is 0 Å². The summed E-state index contributed by atoms with van der Waals surface area (Å²) >= 11 is 0. The van der Waals surface area contributed by atoms with Crippen LogP contribution in [0.2, 0.25) is 0 Å². The van der Waals surface area contributed by atoms with E-state index in [4.69, 9.17) is 0 Å². The van der Waals surface area contributed by atoms with Crippen molar-refractivity contribution in [3.8, 4) is 0 Å². The second-order valence-electron chi connectivity index (χ2n) is 2.31. The topological polar surface area (TPSA) is 29.1 Å². The van der Waals surface area contributed by atoms with E-state index >= 15 is 0 Å². The molecule has 0 radical (unpaired) electrons. The Morgan fingerprint density at radius 1 is 1.38 bits per heavy atom. The summed E-state index contributed by atoms with van der Waals surface area (Å²) in [5, 5.41) is 2.22. The first kappa shape index (κ1) is 12.3. The van der Waals surface area contributed by atoms with E-state index in [-0.39, 0.29) is 33.3 Å². The third kappa shape index (κ3) is 3.65. The molecule has 0 unspecified atom stereocenters. The van der Waals surface area contributed by atoms with Gasteiger partial charge in [-0.15, -0.1) is 0 Å². The molecule has 0 bridgehead atoms.